The van der Waals surface area contributed by atoms with Crippen molar-refractivity contribution in [2.24, 2.45) is 0 Å². The highest BCUT2D eigenvalue weighted by atomic mass is 32.2. The first-order chi connectivity index (χ1) is 12.0. The van der Waals surface area contributed by atoms with Crippen LogP contribution in [0.25, 0.3) is 0 Å². The van der Waals surface area contributed by atoms with Gasteiger partial charge in [0, 0.05) is 24.7 Å². The maximum Gasteiger partial charge on any atom is 0.254 e. The SMILES string of the molecule is CC1=CCN(C(=O)c2cccc(S(=O)(=O)NCc3ccno3)c2)CC1. The first-order valence-electron chi connectivity index (χ1n) is 7.90. The van der Waals surface area contributed by atoms with Crippen LogP contribution in [0, 0.1) is 0 Å². The number of amides is 1. The largest absolute Gasteiger partial charge is 0.360 e. The Kier molecular flexibility index (Phi) is 5.00. The van der Waals surface area contributed by atoms with Crippen LogP contribution < -0.4 is 4.72 Å². The molecule has 0 fully saturated rings. The van der Waals surface area contributed by atoms with Crippen molar-refractivity contribution in [3.63, 3.8) is 0 Å². The van der Waals surface area contributed by atoms with Gasteiger partial charge in [0.15, 0.2) is 5.76 Å². The fourth-order valence-electron chi connectivity index (χ4n) is 2.52. The first-order valence-corrected chi connectivity index (χ1v) is 9.38. The standard InChI is InChI=1S/C17H19N3O4S/c1-13-6-9-20(10-7-13)17(21)14-3-2-4-16(11-14)25(22,23)19-12-15-5-8-18-24-15/h2-6,8,11,19H,7,9-10,12H2,1H3. The molecule has 132 valence electrons. The number of sulfonamides is 1. The minimum Gasteiger partial charge on any atom is -0.360 e. The van der Waals surface area contributed by atoms with Crippen molar-refractivity contribution in [3.8, 4) is 0 Å². The summed E-state index contributed by atoms with van der Waals surface area (Å²) < 4.78 is 32.1. The van der Waals surface area contributed by atoms with Crippen molar-refractivity contribution in [2.75, 3.05) is 13.1 Å². The van der Waals surface area contributed by atoms with Crippen LogP contribution in [0.1, 0.15) is 29.5 Å². The van der Waals surface area contributed by atoms with Crippen LogP contribution in [0.4, 0.5) is 0 Å². The van der Waals surface area contributed by atoms with E-state index in [0.717, 1.165) is 6.42 Å². The quantitative estimate of drug-likeness (QED) is 0.822. The van der Waals surface area contributed by atoms with Gasteiger partial charge in [-0.3, -0.25) is 4.79 Å². The Morgan fingerprint density at radius 1 is 1.36 bits per heavy atom. The van der Waals surface area contributed by atoms with Crippen molar-refractivity contribution >= 4 is 15.9 Å². The van der Waals surface area contributed by atoms with Crippen LogP contribution in [-0.4, -0.2) is 37.5 Å². The summed E-state index contributed by atoms with van der Waals surface area (Å²) in [5.74, 6) is 0.238. The number of nitrogens with zero attached hydrogens (tertiary/aromatic N) is 2. The number of carbonyl (C=O) groups is 1. The Balaban J connectivity index is 1.75. The Bertz CT molecular complexity index is 888. The lowest BCUT2D eigenvalue weighted by atomic mass is 10.1. The molecule has 1 aromatic carbocycles. The third kappa shape index (κ3) is 4.15. The van der Waals surface area contributed by atoms with Crippen LogP contribution in [0.2, 0.25) is 0 Å². The van der Waals surface area contributed by atoms with Crippen LogP contribution in [-0.2, 0) is 16.6 Å². The van der Waals surface area contributed by atoms with Crippen LogP contribution in [0.5, 0.6) is 0 Å². The molecule has 0 bridgehead atoms. The molecule has 0 atom stereocenters. The minimum absolute atomic E-state index is 0.00327. The topological polar surface area (TPSA) is 92.5 Å². The third-order valence-electron chi connectivity index (χ3n) is 4.04. The number of rotatable bonds is 5. The second kappa shape index (κ2) is 7.20. The molecule has 1 aliphatic rings. The molecule has 1 aliphatic heterocycles. The molecule has 0 aliphatic carbocycles. The average Bonchev–Trinajstić information content (AvgIpc) is 3.14. The molecule has 3 rings (SSSR count). The molecule has 0 saturated carbocycles. The Hall–Kier alpha value is -2.45. The van der Waals surface area contributed by atoms with Gasteiger partial charge in [0.05, 0.1) is 17.6 Å². The van der Waals surface area contributed by atoms with Crippen LogP contribution >= 0.6 is 0 Å². The maximum atomic E-state index is 12.6. The van der Waals surface area contributed by atoms with Crippen LogP contribution in [0.15, 0.2) is 57.6 Å². The highest BCUT2D eigenvalue weighted by Gasteiger charge is 2.20. The summed E-state index contributed by atoms with van der Waals surface area (Å²) in [5, 5.41) is 3.53. The van der Waals surface area contributed by atoms with Gasteiger partial charge in [-0.05, 0) is 31.5 Å². The van der Waals surface area contributed by atoms with E-state index in [2.05, 4.69) is 9.88 Å². The fraction of sp³-hybridized carbons (Fsp3) is 0.294. The lowest BCUT2D eigenvalue weighted by molar-refractivity contribution is 0.0769. The molecule has 7 nitrogen and oxygen atoms in total. The Morgan fingerprint density at radius 2 is 2.20 bits per heavy atom. The van der Waals surface area contributed by atoms with Gasteiger partial charge >= 0.3 is 0 Å². The molecule has 0 unspecified atom stereocenters. The molecular weight excluding hydrogens is 342 g/mol. The second-order valence-electron chi connectivity index (χ2n) is 5.88. The van der Waals surface area contributed by atoms with Gasteiger partial charge in [-0.2, -0.15) is 0 Å². The molecule has 25 heavy (non-hydrogen) atoms. The molecule has 1 N–H and O–H groups in total. The van der Waals surface area contributed by atoms with Gasteiger partial charge in [-0.15, -0.1) is 0 Å². The number of aromatic nitrogens is 1. The smallest absolute Gasteiger partial charge is 0.254 e. The van der Waals surface area contributed by atoms with E-state index in [1.165, 1.54) is 23.9 Å². The Morgan fingerprint density at radius 3 is 2.88 bits per heavy atom. The predicted molar refractivity (Wildman–Crippen MR) is 91.2 cm³/mol. The molecular formula is C17H19N3O4S. The lowest BCUT2D eigenvalue weighted by Gasteiger charge is -2.25. The number of hydrogen-bond donors (Lipinski definition) is 1. The molecule has 1 amide bonds. The lowest BCUT2D eigenvalue weighted by Crippen LogP contribution is -2.34. The fourth-order valence-corrected chi connectivity index (χ4v) is 3.56. The molecule has 0 saturated heterocycles. The molecule has 2 aromatic rings. The van der Waals surface area contributed by atoms with Gasteiger partial charge in [0.2, 0.25) is 10.0 Å². The van der Waals surface area contributed by atoms with E-state index < -0.39 is 10.0 Å². The van der Waals surface area contributed by atoms with E-state index in [-0.39, 0.29) is 17.3 Å². The summed E-state index contributed by atoms with van der Waals surface area (Å²) in [4.78, 5) is 14.3. The third-order valence-corrected chi connectivity index (χ3v) is 5.44. The van der Waals surface area contributed by atoms with Crippen molar-refractivity contribution < 1.29 is 17.7 Å². The minimum atomic E-state index is -3.75. The number of hydrogen-bond acceptors (Lipinski definition) is 5. The maximum absolute atomic E-state index is 12.6. The van der Waals surface area contributed by atoms with Gasteiger partial charge in [-0.25, -0.2) is 13.1 Å². The summed E-state index contributed by atoms with van der Waals surface area (Å²) in [6.45, 7) is 3.22. The van der Waals surface area contributed by atoms with Crippen molar-refractivity contribution in [1.29, 1.82) is 0 Å². The van der Waals surface area contributed by atoms with Crippen molar-refractivity contribution in [2.45, 2.75) is 24.8 Å². The number of benzene rings is 1. The van der Waals surface area contributed by atoms with E-state index in [1.54, 1.807) is 23.1 Å². The highest BCUT2D eigenvalue weighted by molar-refractivity contribution is 7.89. The first kappa shape index (κ1) is 17.4. The summed E-state index contributed by atoms with van der Waals surface area (Å²) in [5.41, 5.74) is 1.62. The van der Waals surface area contributed by atoms with Gasteiger partial charge < -0.3 is 9.42 Å². The summed E-state index contributed by atoms with van der Waals surface area (Å²) in [7, 11) is -3.75. The van der Waals surface area contributed by atoms with Crippen molar-refractivity contribution in [3.05, 3.63) is 59.5 Å². The zero-order valence-electron chi connectivity index (χ0n) is 13.8. The second-order valence-corrected chi connectivity index (χ2v) is 7.65. The van der Waals surface area contributed by atoms with Gasteiger partial charge in [0.25, 0.3) is 5.91 Å². The summed E-state index contributed by atoms with van der Waals surface area (Å²) in [6.07, 6.45) is 4.29. The molecule has 1 aromatic heterocycles. The Labute approximate surface area is 146 Å². The average molecular weight is 361 g/mol. The van der Waals surface area contributed by atoms with Crippen molar-refractivity contribution in [1.82, 2.24) is 14.8 Å². The predicted octanol–water partition coefficient (Wildman–Crippen LogP) is 1.95. The molecule has 0 radical (unpaired) electrons. The van der Waals surface area contributed by atoms with Gasteiger partial charge in [-0.1, -0.05) is 22.9 Å². The highest BCUT2D eigenvalue weighted by Crippen LogP contribution is 2.17. The van der Waals surface area contributed by atoms with E-state index in [9.17, 15) is 13.2 Å². The molecule has 8 heteroatoms. The summed E-state index contributed by atoms with van der Waals surface area (Å²) >= 11 is 0. The monoisotopic (exact) mass is 361 g/mol. The zero-order valence-corrected chi connectivity index (χ0v) is 14.6. The van der Waals surface area contributed by atoms with E-state index in [4.69, 9.17) is 4.52 Å². The number of carbonyl (C=O) groups excluding carboxylic acids is 1. The zero-order chi connectivity index (χ0) is 17.9. The van der Waals surface area contributed by atoms with E-state index >= 15 is 0 Å². The number of nitrogens with one attached hydrogen (secondary N) is 1. The molecule has 2 heterocycles. The van der Waals surface area contributed by atoms with Gasteiger partial charge in [0.1, 0.15) is 0 Å². The van der Waals surface area contributed by atoms with E-state index in [0.29, 0.717) is 24.4 Å². The van der Waals surface area contributed by atoms with Crippen LogP contribution in [0.3, 0.4) is 0 Å². The summed E-state index contributed by atoms with van der Waals surface area (Å²) in [6, 6.07) is 7.63. The normalized spacial score (nSPS) is 15.1. The van der Waals surface area contributed by atoms with E-state index in [1.807, 2.05) is 13.0 Å². The molecule has 0 spiro atoms.